The van der Waals surface area contributed by atoms with Crippen molar-refractivity contribution in [1.29, 1.82) is 0 Å². The zero-order valence-electron chi connectivity index (χ0n) is 13.6. The highest BCUT2D eigenvalue weighted by Crippen LogP contribution is 2.20. The number of rotatable bonds is 4. The predicted octanol–water partition coefficient (Wildman–Crippen LogP) is 3.31. The van der Waals surface area contributed by atoms with Crippen LogP contribution in [0.1, 0.15) is 39.2 Å². The summed E-state index contributed by atoms with van der Waals surface area (Å²) in [6, 6.07) is 6.61. The number of carbonyl (C=O) groups excluding carboxylic acids is 1. The summed E-state index contributed by atoms with van der Waals surface area (Å²) < 4.78 is 18.3. The minimum Gasteiger partial charge on any atom is -0.444 e. The van der Waals surface area contributed by atoms with Crippen molar-refractivity contribution in [2.75, 3.05) is 13.1 Å². The van der Waals surface area contributed by atoms with Gasteiger partial charge in [-0.15, -0.1) is 0 Å². The highest BCUT2D eigenvalue weighted by atomic mass is 19.1. The fourth-order valence-electron chi connectivity index (χ4n) is 2.59. The van der Waals surface area contributed by atoms with Gasteiger partial charge in [0.25, 0.3) is 0 Å². The molecule has 0 spiro atoms. The summed E-state index contributed by atoms with van der Waals surface area (Å²) >= 11 is 0. The first-order valence-electron chi connectivity index (χ1n) is 7.80. The molecule has 0 unspecified atom stereocenters. The van der Waals surface area contributed by atoms with Crippen molar-refractivity contribution in [3.8, 4) is 0 Å². The van der Waals surface area contributed by atoms with Crippen LogP contribution in [0.5, 0.6) is 0 Å². The lowest BCUT2D eigenvalue weighted by Gasteiger charge is -2.28. The molecule has 0 saturated carbocycles. The van der Waals surface area contributed by atoms with E-state index in [-0.39, 0.29) is 18.0 Å². The first-order valence-corrected chi connectivity index (χ1v) is 7.80. The van der Waals surface area contributed by atoms with Crippen LogP contribution in [0, 0.1) is 5.82 Å². The average molecular weight is 308 g/mol. The Bertz CT molecular complexity index is 496. The molecule has 0 aromatic heterocycles. The van der Waals surface area contributed by atoms with E-state index in [0.29, 0.717) is 6.54 Å². The van der Waals surface area contributed by atoms with Crippen molar-refractivity contribution in [2.45, 2.75) is 51.8 Å². The third-order valence-corrected chi connectivity index (χ3v) is 3.63. The van der Waals surface area contributed by atoms with Crippen LogP contribution in [0.4, 0.5) is 9.18 Å². The van der Waals surface area contributed by atoms with Crippen molar-refractivity contribution < 1.29 is 13.9 Å². The lowest BCUT2D eigenvalue weighted by molar-refractivity contribution is 0.0226. The molecule has 1 aromatic rings. The van der Waals surface area contributed by atoms with Gasteiger partial charge in [-0.1, -0.05) is 12.1 Å². The quantitative estimate of drug-likeness (QED) is 0.928. The van der Waals surface area contributed by atoms with Crippen molar-refractivity contribution in [2.24, 2.45) is 0 Å². The Balaban J connectivity index is 1.81. The minimum absolute atomic E-state index is 0.162. The van der Waals surface area contributed by atoms with Gasteiger partial charge in [-0.25, -0.2) is 9.18 Å². The van der Waals surface area contributed by atoms with E-state index < -0.39 is 5.60 Å². The number of carbonyl (C=O) groups is 1. The van der Waals surface area contributed by atoms with Crippen molar-refractivity contribution in [1.82, 2.24) is 10.2 Å². The molecule has 1 amide bonds. The summed E-state index contributed by atoms with van der Waals surface area (Å²) in [5, 5.41) is 3.34. The van der Waals surface area contributed by atoms with Crippen LogP contribution >= 0.6 is 0 Å². The second kappa shape index (κ2) is 7.09. The summed E-state index contributed by atoms with van der Waals surface area (Å²) in [6.45, 7) is 7.77. The normalized spacial score (nSPS) is 18.5. The molecule has 0 radical (unpaired) electrons. The van der Waals surface area contributed by atoms with Crippen LogP contribution in [0.25, 0.3) is 0 Å². The van der Waals surface area contributed by atoms with Crippen LogP contribution in [-0.4, -0.2) is 35.7 Å². The molecule has 5 heteroatoms. The van der Waals surface area contributed by atoms with Gasteiger partial charge < -0.3 is 15.0 Å². The number of benzene rings is 1. The van der Waals surface area contributed by atoms with Crippen LogP contribution in [0.15, 0.2) is 24.3 Å². The van der Waals surface area contributed by atoms with Gasteiger partial charge in [-0.2, -0.15) is 0 Å². The van der Waals surface area contributed by atoms with Crippen LogP contribution in [0.2, 0.25) is 0 Å². The van der Waals surface area contributed by atoms with E-state index in [4.69, 9.17) is 4.74 Å². The van der Waals surface area contributed by atoms with E-state index in [0.717, 1.165) is 31.5 Å². The molecule has 0 aliphatic carbocycles. The fourth-order valence-corrected chi connectivity index (χ4v) is 2.59. The summed E-state index contributed by atoms with van der Waals surface area (Å²) in [5.41, 5.74) is 0.564. The molecule has 122 valence electrons. The van der Waals surface area contributed by atoms with Crippen molar-refractivity contribution >= 4 is 6.09 Å². The number of hydrogen-bond donors (Lipinski definition) is 1. The third kappa shape index (κ3) is 4.98. The van der Waals surface area contributed by atoms with Crippen molar-refractivity contribution in [3.63, 3.8) is 0 Å². The molecule has 1 aromatic carbocycles. The first-order chi connectivity index (χ1) is 10.3. The number of likely N-dealkylation sites (tertiary alicyclic amines) is 1. The second-order valence-corrected chi connectivity index (χ2v) is 6.73. The lowest BCUT2D eigenvalue weighted by atomic mass is 10.2. The molecular formula is C17H25FN2O2. The first kappa shape index (κ1) is 16.7. The van der Waals surface area contributed by atoms with E-state index in [2.05, 4.69) is 5.32 Å². The zero-order valence-corrected chi connectivity index (χ0v) is 13.6. The number of nitrogens with one attached hydrogen (secondary N) is 1. The maximum Gasteiger partial charge on any atom is 0.410 e. The van der Waals surface area contributed by atoms with Crippen LogP contribution < -0.4 is 5.32 Å². The summed E-state index contributed by atoms with van der Waals surface area (Å²) in [5.74, 6) is -0.226. The van der Waals surface area contributed by atoms with Crippen LogP contribution in [0.3, 0.4) is 0 Å². The van der Waals surface area contributed by atoms with Gasteiger partial charge in [0.1, 0.15) is 11.4 Å². The summed E-state index contributed by atoms with van der Waals surface area (Å²) in [7, 11) is 0. The molecule has 1 aliphatic heterocycles. The number of hydrogen-bond acceptors (Lipinski definition) is 3. The van der Waals surface area contributed by atoms with E-state index in [1.54, 1.807) is 12.1 Å². The Morgan fingerprint density at radius 2 is 2.05 bits per heavy atom. The standard InChI is InChI=1S/C17H25FN2O2/c1-17(2,3)22-16(21)20-10-4-5-15(20)12-19-11-13-6-8-14(18)9-7-13/h6-9,15,19H,4-5,10-12H2,1-3H3/t15-/m0/s1. The number of halogens is 1. The van der Waals surface area contributed by atoms with E-state index in [1.165, 1.54) is 12.1 Å². The van der Waals surface area contributed by atoms with Gasteiger partial charge in [0.2, 0.25) is 0 Å². The van der Waals surface area contributed by atoms with Gasteiger partial charge in [-0.3, -0.25) is 0 Å². The number of ether oxygens (including phenoxy) is 1. The van der Waals surface area contributed by atoms with Crippen LogP contribution in [-0.2, 0) is 11.3 Å². The van der Waals surface area contributed by atoms with Gasteiger partial charge >= 0.3 is 6.09 Å². The third-order valence-electron chi connectivity index (χ3n) is 3.63. The largest absolute Gasteiger partial charge is 0.444 e. The van der Waals surface area contributed by atoms with Gasteiger partial charge in [0.05, 0.1) is 0 Å². The Morgan fingerprint density at radius 1 is 1.36 bits per heavy atom. The SMILES string of the molecule is CC(C)(C)OC(=O)N1CCC[C@H]1CNCc1ccc(F)cc1. The Morgan fingerprint density at radius 3 is 2.68 bits per heavy atom. The lowest BCUT2D eigenvalue weighted by Crippen LogP contribution is -2.44. The number of nitrogens with zero attached hydrogens (tertiary/aromatic N) is 1. The second-order valence-electron chi connectivity index (χ2n) is 6.73. The summed E-state index contributed by atoms with van der Waals surface area (Å²) in [6.07, 6.45) is 1.75. The smallest absolute Gasteiger partial charge is 0.410 e. The van der Waals surface area contributed by atoms with Crippen molar-refractivity contribution in [3.05, 3.63) is 35.6 Å². The van der Waals surface area contributed by atoms with Gasteiger partial charge in [0.15, 0.2) is 0 Å². The zero-order chi connectivity index (χ0) is 16.2. The highest BCUT2D eigenvalue weighted by Gasteiger charge is 2.31. The fraction of sp³-hybridized carbons (Fsp3) is 0.588. The maximum atomic E-state index is 12.9. The Labute approximate surface area is 131 Å². The Kier molecular flexibility index (Phi) is 5.40. The minimum atomic E-state index is -0.467. The molecule has 0 bridgehead atoms. The molecule has 1 saturated heterocycles. The predicted molar refractivity (Wildman–Crippen MR) is 84.1 cm³/mol. The van der Waals surface area contributed by atoms with E-state index in [9.17, 15) is 9.18 Å². The van der Waals surface area contributed by atoms with E-state index in [1.807, 2.05) is 25.7 Å². The molecule has 1 aliphatic rings. The molecule has 1 atom stereocenters. The molecule has 22 heavy (non-hydrogen) atoms. The van der Waals surface area contributed by atoms with E-state index >= 15 is 0 Å². The molecular weight excluding hydrogens is 283 g/mol. The average Bonchev–Trinajstić information content (AvgIpc) is 2.88. The topological polar surface area (TPSA) is 41.6 Å². The molecule has 4 nitrogen and oxygen atoms in total. The molecule has 1 N–H and O–H groups in total. The number of amides is 1. The molecule has 1 fully saturated rings. The van der Waals surface area contributed by atoms with Gasteiger partial charge in [-0.05, 0) is 51.3 Å². The monoisotopic (exact) mass is 308 g/mol. The molecule has 2 rings (SSSR count). The highest BCUT2D eigenvalue weighted by molar-refractivity contribution is 5.69. The molecule has 1 heterocycles. The maximum absolute atomic E-state index is 12.9. The Hall–Kier alpha value is -1.62. The summed E-state index contributed by atoms with van der Waals surface area (Å²) in [4.78, 5) is 14.0. The van der Waals surface area contributed by atoms with Gasteiger partial charge in [0, 0.05) is 25.7 Å².